The molecule has 0 radical (unpaired) electrons. The maximum atomic E-state index is 11.7. The largest absolute Gasteiger partial charge is 0.438 e. The second-order valence-electron chi connectivity index (χ2n) is 5.39. The number of furan rings is 1. The third-order valence-corrected chi connectivity index (χ3v) is 3.79. The zero-order valence-electron chi connectivity index (χ0n) is 11.6. The molecule has 0 unspecified atom stereocenters. The van der Waals surface area contributed by atoms with Crippen molar-refractivity contribution >= 4 is 15.9 Å². The molecule has 0 aliphatic carbocycles. The SMILES string of the molecule is CNS(=O)(=O)c1ccc(C(=O)NCCC(C)(C)C)o1. The van der Waals surface area contributed by atoms with Crippen molar-refractivity contribution in [3.8, 4) is 0 Å². The standard InChI is InChI=1S/C12H20N2O4S/c1-12(2,3)7-8-14-11(15)9-5-6-10(18-9)19(16,17)13-4/h5-6,13H,7-8H2,1-4H3,(H,14,15). The molecule has 0 bridgehead atoms. The van der Waals surface area contributed by atoms with Crippen molar-refractivity contribution in [2.24, 2.45) is 5.41 Å². The summed E-state index contributed by atoms with van der Waals surface area (Å²) in [5, 5.41) is 2.42. The number of carbonyl (C=O) groups excluding carboxylic acids is 1. The number of hydrogen-bond donors (Lipinski definition) is 2. The third-order valence-electron chi connectivity index (χ3n) is 2.50. The Hall–Kier alpha value is -1.34. The molecule has 1 heterocycles. The van der Waals surface area contributed by atoms with Crippen LogP contribution in [0.5, 0.6) is 0 Å². The molecule has 0 aliphatic heterocycles. The van der Waals surface area contributed by atoms with Crippen LogP contribution in [0.4, 0.5) is 0 Å². The Morgan fingerprint density at radius 1 is 1.32 bits per heavy atom. The fourth-order valence-electron chi connectivity index (χ4n) is 1.33. The normalized spacial score (nSPS) is 12.4. The zero-order valence-corrected chi connectivity index (χ0v) is 12.4. The van der Waals surface area contributed by atoms with Crippen LogP contribution >= 0.6 is 0 Å². The molecule has 0 aliphatic rings. The fourth-order valence-corrected chi connectivity index (χ4v) is 1.97. The average Bonchev–Trinajstić information content (AvgIpc) is 2.77. The van der Waals surface area contributed by atoms with Crippen molar-refractivity contribution < 1.29 is 17.6 Å². The summed E-state index contributed by atoms with van der Waals surface area (Å²) >= 11 is 0. The maximum absolute atomic E-state index is 11.7. The first kappa shape index (κ1) is 15.7. The van der Waals surface area contributed by atoms with Gasteiger partial charge in [0.15, 0.2) is 5.76 Å². The van der Waals surface area contributed by atoms with Crippen LogP contribution in [0.25, 0.3) is 0 Å². The Balaban J connectivity index is 2.65. The second-order valence-corrected chi connectivity index (χ2v) is 7.21. The van der Waals surface area contributed by atoms with Gasteiger partial charge in [-0.1, -0.05) is 20.8 Å². The predicted octanol–water partition coefficient (Wildman–Crippen LogP) is 1.35. The first-order valence-corrected chi connectivity index (χ1v) is 7.45. The first-order chi connectivity index (χ1) is 8.65. The predicted molar refractivity (Wildman–Crippen MR) is 71.4 cm³/mol. The number of sulfonamides is 1. The monoisotopic (exact) mass is 288 g/mol. The van der Waals surface area contributed by atoms with Crippen molar-refractivity contribution in [1.82, 2.24) is 10.0 Å². The van der Waals surface area contributed by atoms with Crippen LogP contribution in [0.2, 0.25) is 0 Å². The van der Waals surface area contributed by atoms with Crippen LogP contribution in [-0.2, 0) is 10.0 Å². The van der Waals surface area contributed by atoms with E-state index in [-0.39, 0.29) is 16.3 Å². The maximum Gasteiger partial charge on any atom is 0.287 e. The van der Waals surface area contributed by atoms with Crippen molar-refractivity contribution in [2.45, 2.75) is 32.3 Å². The number of nitrogens with one attached hydrogen (secondary N) is 2. The molecule has 0 spiro atoms. The molecule has 0 saturated carbocycles. The topological polar surface area (TPSA) is 88.4 Å². The molecule has 2 N–H and O–H groups in total. The van der Waals surface area contributed by atoms with E-state index in [1.54, 1.807) is 0 Å². The highest BCUT2D eigenvalue weighted by Gasteiger charge is 2.19. The van der Waals surface area contributed by atoms with Gasteiger partial charge in [0, 0.05) is 6.54 Å². The summed E-state index contributed by atoms with van der Waals surface area (Å²) < 4.78 is 30.0. The van der Waals surface area contributed by atoms with Gasteiger partial charge in [-0.15, -0.1) is 0 Å². The van der Waals surface area contributed by atoms with Crippen LogP contribution in [0.15, 0.2) is 21.6 Å². The first-order valence-electron chi connectivity index (χ1n) is 5.97. The Bertz CT molecular complexity index is 540. The van der Waals surface area contributed by atoms with Crippen molar-refractivity contribution in [1.29, 1.82) is 0 Å². The zero-order chi connectivity index (χ0) is 14.7. The molecule has 0 fully saturated rings. The van der Waals surface area contributed by atoms with Gasteiger partial charge in [0.05, 0.1) is 0 Å². The Kier molecular flexibility index (Phi) is 4.75. The molecule has 6 nitrogen and oxygen atoms in total. The lowest BCUT2D eigenvalue weighted by atomic mass is 9.92. The van der Waals surface area contributed by atoms with Gasteiger partial charge in [-0.3, -0.25) is 4.79 Å². The van der Waals surface area contributed by atoms with Gasteiger partial charge in [-0.05, 0) is 31.0 Å². The van der Waals surface area contributed by atoms with Crippen molar-refractivity contribution in [3.63, 3.8) is 0 Å². The van der Waals surface area contributed by atoms with Gasteiger partial charge in [0.1, 0.15) is 0 Å². The quantitative estimate of drug-likeness (QED) is 0.856. The van der Waals surface area contributed by atoms with Crippen LogP contribution in [-0.4, -0.2) is 27.9 Å². The third kappa shape index (κ3) is 4.68. The van der Waals surface area contributed by atoms with Gasteiger partial charge in [-0.2, -0.15) is 0 Å². The number of rotatable bonds is 5. The molecular weight excluding hydrogens is 268 g/mol. The summed E-state index contributed by atoms with van der Waals surface area (Å²) in [7, 11) is -2.37. The Labute approximate surface area is 113 Å². The van der Waals surface area contributed by atoms with E-state index in [0.29, 0.717) is 6.54 Å². The summed E-state index contributed by atoms with van der Waals surface area (Å²) in [5.74, 6) is -0.426. The van der Waals surface area contributed by atoms with E-state index >= 15 is 0 Å². The van der Waals surface area contributed by atoms with Gasteiger partial charge in [-0.25, -0.2) is 13.1 Å². The summed E-state index contributed by atoms with van der Waals surface area (Å²) in [6, 6.07) is 2.60. The van der Waals surface area contributed by atoms with Crippen molar-refractivity contribution in [3.05, 3.63) is 17.9 Å². The van der Waals surface area contributed by atoms with E-state index in [1.807, 2.05) is 0 Å². The molecule has 7 heteroatoms. The molecule has 108 valence electrons. The van der Waals surface area contributed by atoms with Gasteiger partial charge >= 0.3 is 0 Å². The minimum absolute atomic E-state index is 0.0114. The van der Waals surface area contributed by atoms with Gasteiger partial charge < -0.3 is 9.73 Å². The minimum atomic E-state index is -3.65. The molecule has 1 aromatic rings. The summed E-state index contributed by atoms with van der Waals surface area (Å²) in [5.41, 5.74) is 0.122. The highest BCUT2D eigenvalue weighted by Crippen LogP contribution is 2.17. The van der Waals surface area contributed by atoms with E-state index in [9.17, 15) is 13.2 Å². The molecule has 0 aromatic carbocycles. The van der Waals surface area contributed by atoms with Crippen LogP contribution in [0, 0.1) is 5.41 Å². The van der Waals surface area contributed by atoms with E-state index in [2.05, 4.69) is 30.8 Å². The van der Waals surface area contributed by atoms with Crippen LogP contribution in [0.1, 0.15) is 37.7 Å². The number of carbonyl (C=O) groups is 1. The lowest BCUT2D eigenvalue weighted by molar-refractivity contribution is 0.0916. The summed E-state index contributed by atoms with van der Waals surface area (Å²) in [6.07, 6.45) is 0.821. The highest BCUT2D eigenvalue weighted by atomic mass is 32.2. The fraction of sp³-hybridized carbons (Fsp3) is 0.583. The van der Waals surface area contributed by atoms with E-state index < -0.39 is 15.9 Å². The highest BCUT2D eigenvalue weighted by molar-refractivity contribution is 7.89. The second kappa shape index (κ2) is 5.75. The smallest absolute Gasteiger partial charge is 0.287 e. The van der Waals surface area contributed by atoms with Crippen molar-refractivity contribution in [2.75, 3.05) is 13.6 Å². The summed E-state index contributed by atoms with van der Waals surface area (Å²) in [4.78, 5) is 11.7. The van der Waals surface area contributed by atoms with E-state index in [0.717, 1.165) is 6.42 Å². The molecule has 1 amide bonds. The Morgan fingerprint density at radius 2 is 1.95 bits per heavy atom. The molecule has 1 rings (SSSR count). The van der Waals surface area contributed by atoms with E-state index in [1.165, 1.54) is 19.2 Å². The minimum Gasteiger partial charge on any atom is -0.438 e. The Morgan fingerprint density at radius 3 is 2.47 bits per heavy atom. The van der Waals surface area contributed by atoms with Crippen LogP contribution < -0.4 is 10.0 Å². The molecule has 0 atom stereocenters. The summed E-state index contributed by atoms with van der Waals surface area (Å²) in [6.45, 7) is 6.73. The molecular formula is C12H20N2O4S. The lowest BCUT2D eigenvalue weighted by Gasteiger charge is -2.17. The van der Waals surface area contributed by atoms with Crippen LogP contribution in [0.3, 0.4) is 0 Å². The van der Waals surface area contributed by atoms with Gasteiger partial charge in [0.25, 0.3) is 15.9 Å². The molecule has 1 aromatic heterocycles. The number of amides is 1. The molecule has 0 saturated heterocycles. The molecule has 19 heavy (non-hydrogen) atoms. The average molecular weight is 288 g/mol. The van der Waals surface area contributed by atoms with Gasteiger partial charge in [0.2, 0.25) is 5.09 Å². The van der Waals surface area contributed by atoms with E-state index in [4.69, 9.17) is 4.42 Å². The number of hydrogen-bond acceptors (Lipinski definition) is 4. The lowest BCUT2D eigenvalue weighted by Crippen LogP contribution is -2.27.